The van der Waals surface area contributed by atoms with Gasteiger partial charge in [-0.25, -0.2) is 0 Å². The van der Waals surface area contributed by atoms with E-state index in [4.69, 9.17) is 9.47 Å². The number of hydrogen-bond donors (Lipinski definition) is 0. The Hall–Kier alpha value is -2.69. The van der Waals surface area contributed by atoms with Gasteiger partial charge in [-0.1, -0.05) is 26.5 Å². The summed E-state index contributed by atoms with van der Waals surface area (Å²) < 4.78 is 13.3. The maximum absolute atomic E-state index is 13.3. The van der Waals surface area contributed by atoms with Gasteiger partial charge in [0.1, 0.15) is 6.61 Å². The van der Waals surface area contributed by atoms with Crippen LogP contribution in [0.25, 0.3) is 0 Å². The normalized spacial score (nSPS) is 16.2. The third-order valence-corrected chi connectivity index (χ3v) is 5.10. The molecule has 2 aromatic rings. The zero-order chi connectivity index (χ0) is 19.6. The molecule has 5 nitrogen and oxygen atoms in total. The van der Waals surface area contributed by atoms with Crippen molar-refractivity contribution in [1.82, 2.24) is 9.47 Å². The fraction of sp³-hybridized carbons (Fsp3) is 0.409. The zero-order valence-electron chi connectivity index (χ0n) is 16.6. The molecule has 0 aliphatic carbocycles. The van der Waals surface area contributed by atoms with Gasteiger partial charge in [0.05, 0.1) is 13.2 Å². The number of methoxy groups -OCH3 is 1. The highest BCUT2D eigenvalue weighted by Crippen LogP contribution is 2.36. The molecule has 1 aromatic heterocycles. The Morgan fingerprint density at radius 1 is 1.26 bits per heavy atom. The Kier molecular flexibility index (Phi) is 5.59. The zero-order valence-corrected chi connectivity index (χ0v) is 16.6. The van der Waals surface area contributed by atoms with Crippen molar-refractivity contribution >= 4 is 5.91 Å². The van der Waals surface area contributed by atoms with Crippen LogP contribution in [0.2, 0.25) is 0 Å². The number of nitrogens with zero attached hydrogens (tertiary/aromatic N) is 2. The van der Waals surface area contributed by atoms with Crippen LogP contribution in [0.5, 0.6) is 11.5 Å². The lowest BCUT2D eigenvalue weighted by Gasteiger charge is -2.40. The lowest BCUT2D eigenvalue weighted by atomic mass is 9.96. The number of hydrogen-bond acceptors (Lipinski definition) is 3. The smallest absolute Gasteiger partial charge is 0.254 e. The van der Waals surface area contributed by atoms with E-state index in [-0.39, 0.29) is 11.9 Å². The van der Waals surface area contributed by atoms with Gasteiger partial charge in [-0.05, 0) is 43.2 Å². The summed E-state index contributed by atoms with van der Waals surface area (Å²) in [4.78, 5) is 15.3. The largest absolute Gasteiger partial charge is 0.493 e. The van der Waals surface area contributed by atoms with Gasteiger partial charge in [0.2, 0.25) is 0 Å². The quantitative estimate of drug-likeness (QED) is 0.717. The van der Waals surface area contributed by atoms with E-state index in [1.807, 2.05) is 4.90 Å². The molecule has 3 rings (SSSR count). The van der Waals surface area contributed by atoms with Crippen molar-refractivity contribution in [1.29, 1.82) is 0 Å². The van der Waals surface area contributed by atoms with E-state index in [2.05, 4.69) is 44.0 Å². The molecule has 1 atom stereocenters. The monoisotopic (exact) mass is 368 g/mol. The lowest BCUT2D eigenvalue weighted by Crippen LogP contribution is -2.44. The number of carbonyl (C=O) groups excluding carboxylic acids is 1. The van der Waals surface area contributed by atoms with Crippen LogP contribution in [0.3, 0.4) is 0 Å². The second kappa shape index (κ2) is 7.91. The molecule has 0 saturated heterocycles. The van der Waals surface area contributed by atoms with Crippen LogP contribution in [0, 0.1) is 12.8 Å². The number of rotatable bonds is 6. The number of amides is 1. The summed E-state index contributed by atoms with van der Waals surface area (Å²) in [5.41, 5.74) is 3.06. The molecule has 144 valence electrons. The highest BCUT2D eigenvalue weighted by atomic mass is 16.5. The summed E-state index contributed by atoms with van der Waals surface area (Å²) in [6.45, 7) is 12.0. The van der Waals surface area contributed by atoms with Crippen molar-refractivity contribution in [3.63, 3.8) is 0 Å². The lowest BCUT2D eigenvalue weighted by molar-refractivity contribution is 0.0554. The highest BCUT2D eigenvalue weighted by molar-refractivity contribution is 5.95. The van der Waals surface area contributed by atoms with Gasteiger partial charge in [-0.15, -0.1) is 0 Å². The van der Waals surface area contributed by atoms with Gasteiger partial charge >= 0.3 is 0 Å². The molecule has 0 radical (unpaired) electrons. The molecule has 27 heavy (non-hydrogen) atoms. The minimum atomic E-state index is 0.0207. The van der Waals surface area contributed by atoms with Crippen molar-refractivity contribution in [2.75, 3.05) is 20.3 Å². The Morgan fingerprint density at radius 3 is 2.70 bits per heavy atom. The fourth-order valence-corrected chi connectivity index (χ4v) is 3.82. The summed E-state index contributed by atoms with van der Waals surface area (Å²) in [6, 6.07) is 9.69. The summed E-state index contributed by atoms with van der Waals surface area (Å²) in [5, 5.41) is 0. The molecule has 1 unspecified atom stereocenters. The molecule has 0 fully saturated rings. The van der Waals surface area contributed by atoms with Gasteiger partial charge in [-0.3, -0.25) is 4.79 Å². The minimum Gasteiger partial charge on any atom is -0.493 e. The van der Waals surface area contributed by atoms with Gasteiger partial charge in [0.15, 0.2) is 11.5 Å². The molecular weight excluding hydrogens is 340 g/mol. The first-order valence-electron chi connectivity index (χ1n) is 9.36. The van der Waals surface area contributed by atoms with Crippen LogP contribution in [-0.2, 0) is 6.54 Å². The van der Waals surface area contributed by atoms with Gasteiger partial charge < -0.3 is 18.9 Å². The topological polar surface area (TPSA) is 43.7 Å². The van der Waals surface area contributed by atoms with Crippen molar-refractivity contribution in [2.45, 2.75) is 33.4 Å². The standard InChI is InChI=1S/C22H28N2O3/c1-6-13-27-19-10-8-17(14-20(19)26-5)22(25)24-12-11-23-16(4)7-9-18(23)21(24)15(2)3/h6-10,14-15,21H,1,11-13H2,2-5H3. The van der Waals surface area contributed by atoms with Crippen molar-refractivity contribution in [3.05, 3.63) is 59.9 Å². The molecule has 1 aromatic carbocycles. The number of ether oxygens (including phenoxy) is 2. The first-order chi connectivity index (χ1) is 13.0. The Morgan fingerprint density at radius 2 is 2.04 bits per heavy atom. The average Bonchev–Trinajstić information content (AvgIpc) is 3.05. The summed E-state index contributed by atoms with van der Waals surface area (Å²) in [6.07, 6.45) is 1.68. The Bertz CT molecular complexity index is 838. The summed E-state index contributed by atoms with van der Waals surface area (Å²) >= 11 is 0. The third-order valence-electron chi connectivity index (χ3n) is 5.10. The molecule has 1 aliphatic rings. The van der Waals surface area contributed by atoms with Gasteiger partial charge in [0.25, 0.3) is 5.91 Å². The van der Waals surface area contributed by atoms with Crippen LogP contribution in [0.4, 0.5) is 0 Å². The van der Waals surface area contributed by atoms with E-state index in [1.54, 1.807) is 31.4 Å². The number of carbonyl (C=O) groups is 1. The predicted octanol–water partition coefficient (Wildman–Crippen LogP) is 4.22. The van der Waals surface area contributed by atoms with E-state index < -0.39 is 0 Å². The van der Waals surface area contributed by atoms with E-state index in [0.717, 1.165) is 6.54 Å². The number of fused-ring (bicyclic) bond motifs is 1. The molecule has 5 heteroatoms. The average molecular weight is 368 g/mol. The summed E-state index contributed by atoms with van der Waals surface area (Å²) in [5.74, 6) is 1.50. The predicted molar refractivity (Wildman–Crippen MR) is 106 cm³/mol. The van der Waals surface area contributed by atoms with E-state index in [0.29, 0.717) is 36.1 Å². The van der Waals surface area contributed by atoms with Crippen LogP contribution in [-0.4, -0.2) is 35.6 Å². The van der Waals surface area contributed by atoms with Gasteiger partial charge in [-0.2, -0.15) is 0 Å². The Labute approximate surface area is 161 Å². The SMILES string of the molecule is C=CCOc1ccc(C(=O)N2CCn3c(C)ccc3C2C(C)C)cc1OC. The van der Waals surface area contributed by atoms with Crippen LogP contribution in [0.15, 0.2) is 43.0 Å². The number of benzene rings is 1. The molecule has 1 aliphatic heterocycles. The fourth-order valence-electron chi connectivity index (χ4n) is 3.82. The molecule has 0 spiro atoms. The first kappa shape index (κ1) is 19.1. The van der Waals surface area contributed by atoms with Crippen molar-refractivity contribution < 1.29 is 14.3 Å². The summed E-state index contributed by atoms with van der Waals surface area (Å²) in [7, 11) is 1.58. The molecule has 0 saturated carbocycles. The van der Waals surface area contributed by atoms with Crippen LogP contribution >= 0.6 is 0 Å². The molecule has 2 heterocycles. The van der Waals surface area contributed by atoms with Gasteiger partial charge in [0, 0.05) is 30.0 Å². The molecular formula is C22H28N2O3. The maximum Gasteiger partial charge on any atom is 0.254 e. The maximum atomic E-state index is 13.3. The number of aromatic nitrogens is 1. The number of aryl methyl sites for hydroxylation is 1. The minimum absolute atomic E-state index is 0.0207. The highest BCUT2D eigenvalue weighted by Gasteiger charge is 2.34. The second-order valence-electron chi connectivity index (χ2n) is 7.20. The van der Waals surface area contributed by atoms with Crippen LogP contribution in [0.1, 0.15) is 41.6 Å². The first-order valence-corrected chi connectivity index (χ1v) is 9.36. The van der Waals surface area contributed by atoms with E-state index in [9.17, 15) is 4.79 Å². The van der Waals surface area contributed by atoms with Crippen LogP contribution < -0.4 is 9.47 Å². The molecule has 1 amide bonds. The third kappa shape index (κ3) is 3.59. The molecule has 0 bridgehead atoms. The molecule has 0 N–H and O–H groups in total. The van der Waals surface area contributed by atoms with E-state index in [1.165, 1.54) is 11.4 Å². The van der Waals surface area contributed by atoms with Crippen molar-refractivity contribution in [3.8, 4) is 11.5 Å². The van der Waals surface area contributed by atoms with E-state index >= 15 is 0 Å². The second-order valence-corrected chi connectivity index (χ2v) is 7.20. The Balaban J connectivity index is 1.91. The van der Waals surface area contributed by atoms with Crippen molar-refractivity contribution in [2.24, 2.45) is 5.92 Å².